The fraction of sp³-hybridized carbons (Fsp3) is 0.240. The molecule has 1 fully saturated rings. The largest absolute Gasteiger partial charge is 0.387 e. The number of benzene rings is 2. The molecule has 1 saturated heterocycles. The molecule has 4 atom stereocenters. The molecular weight excluding hydrogens is 437 g/mol. The summed E-state index contributed by atoms with van der Waals surface area (Å²) in [4.78, 5) is 13.0. The van der Waals surface area contributed by atoms with Gasteiger partial charge in [0.15, 0.2) is 23.2 Å². The average molecular weight is 459 g/mol. The van der Waals surface area contributed by atoms with Gasteiger partial charge in [0.25, 0.3) is 0 Å². The zero-order valence-corrected chi connectivity index (χ0v) is 18.0. The van der Waals surface area contributed by atoms with Crippen LogP contribution in [0.1, 0.15) is 23.8 Å². The van der Waals surface area contributed by atoms with E-state index >= 15 is 0 Å². The van der Waals surface area contributed by atoms with E-state index < -0.39 is 30.4 Å². The predicted octanol–water partition coefficient (Wildman–Crippen LogP) is 2.64. The van der Waals surface area contributed by atoms with Crippen LogP contribution >= 0.6 is 0 Å². The smallest absolute Gasteiger partial charge is 0.167 e. The van der Waals surface area contributed by atoms with Gasteiger partial charge in [-0.05, 0) is 17.7 Å². The number of imidazole rings is 1. The molecule has 8 nitrogen and oxygen atoms in total. The lowest BCUT2D eigenvalue weighted by Gasteiger charge is -2.16. The quantitative estimate of drug-likeness (QED) is 0.394. The van der Waals surface area contributed by atoms with Gasteiger partial charge in [-0.2, -0.15) is 0 Å². The van der Waals surface area contributed by atoms with Crippen molar-refractivity contribution in [1.29, 1.82) is 0 Å². The third-order valence-electron chi connectivity index (χ3n) is 5.67. The Bertz CT molecular complexity index is 1350. The number of halogens is 1. The Hall–Kier alpha value is -3.84. The van der Waals surface area contributed by atoms with Crippen LogP contribution in [-0.2, 0) is 11.3 Å². The van der Waals surface area contributed by atoms with Crippen LogP contribution in [0.25, 0.3) is 11.2 Å². The Balaban J connectivity index is 1.33. The third-order valence-corrected chi connectivity index (χ3v) is 5.67. The van der Waals surface area contributed by atoms with E-state index in [2.05, 4.69) is 32.1 Å². The SMILES string of the molecule is O[C@@H]1[C@H](O)[C@@H](CC#Cc2ccccc2F)O[C@H]1n1cnc2c(NCc3ccccc3)ncnc21. The first-order valence-electron chi connectivity index (χ1n) is 10.8. The summed E-state index contributed by atoms with van der Waals surface area (Å²) in [6, 6.07) is 16.1. The third kappa shape index (κ3) is 4.34. The van der Waals surface area contributed by atoms with E-state index in [1.54, 1.807) is 22.8 Å². The molecule has 3 heterocycles. The summed E-state index contributed by atoms with van der Waals surface area (Å²) in [5, 5.41) is 24.4. The maximum absolute atomic E-state index is 13.8. The molecule has 0 bridgehead atoms. The van der Waals surface area contributed by atoms with Crippen LogP contribution in [0, 0.1) is 17.7 Å². The van der Waals surface area contributed by atoms with Crippen LogP contribution in [0.3, 0.4) is 0 Å². The molecule has 5 rings (SSSR count). The van der Waals surface area contributed by atoms with Crippen molar-refractivity contribution < 1.29 is 19.3 Å². The van der Waals surface area contributed by atoms with Gasteiger partial charge in [0, 0.05) is 13.0 Å². The van der Waals surface area contributed by atoms with E-state index in [1.807, 2.05) is 30.3 Å². The van der Waals surface area contributed by atoms with Crippen LogP contribution in [-0.4, -0.2) is 48.0 Å². The summed E-state index contributed by atoms with van der Waals surface area (Å²) in [5.41, 5.74) is 2.33. The Morgan fingerprint density at radius 1 is 1.00 bits per heavy atom. The first-order valence-corrected chi connectivity index (χ1v) is 10.8. The molecule has 4 aromatic rings. The minimum absolute atomic E-state index is 0.120. The van der Waals surface area contributed by atoms with Gasteiger partial charge in [-0.25, -0.2) is 19.3 Å². The molecule has 0 saturated carbocycles. The second-order valence-electron chi connectivity index (χ2n) is 7.92. The van der Waals surface area contributed by atoms with Crippen LogP contribution in [0.15, 0.2) is 67.3 Å². The van der Waals surface area contributed by atoms with Gasteiger partial charge in [0.05, 0.1) is 18.0 Å². The van der Waals surface area contributed by atoms with Crippen molar-refractivity contribution in [3.63, 3.8) is 0 Å². The molecule has 2 aromatic carbocycles. The molecule has 0 aliphatic carbocycles. The van der Waals surface area contributed by atoms with Crippen molar-refractivity contribution in [2.75, 3.05) is 5.32 Å². The molecule has 1 aliphatic rings. The lowest BCUT2D eigenvalue weighted by molar-refractivity contribution is -0.0332. The van der Waals surface area contributed by atoms with Crippen LogP contribution in [0.2, 0.25) is 0 Å². The Kier molecular flexibility index (Phi) is 6.18. The molecule has 0 unspecified atom stereocenters. The van der Waals surface area contributed by atoms with Crippen LogP contribution in [0.4, 0.5) is 10.2 Å². The van der Waals surface area contributed by atoms with Crippen molar-refractivity contribution in [2.24, 2.45) is 0 Å². The van der Waals surface area contributed by atoms with E-state index in [-0.39, 0.29) is 12.0 Å². The zero-order chi connectivity index (χ0) is 23.5. The fourth-order valence-corrected chi connectivity index (χ4v) is 3.89. The second kappa shape index (κ2) is 9.57. The number of aliphatic hydroxyl groups is 2. The van der Waals surface area contributed by atoms with E-state index in [9.17, 15) is 14.6 Å². The van der Waals surface area contributed by atoms with Crippen LogP contribution < -0.4 is 5.32 Å². The number of hydrogen-bond acceptors (Lipinski definition) is 7. The number of nitrogens with one attached hydrogen (secondary N) is 1. The Labute approximate surface area is 195 Å². The predicted molar refractivity (Wildman–Crippen MR) is 123 cm³/mol. The second-order valence-corrected chi connectivity index (χ2v) is 7.92. The molecule has 0 radical (unpaired) electrons. The number of nitrogens with zero attached hydrogens (tertiary/aromatic N) is 4. The highest BCUT2D eigenvalue weighted by atomic mass is 19.1. The van der Waals surface area contributed by atoms with Crippen LogP contribution in [0.5, 0.6) is 0 Å². The highest BCUT2D eigenvalue weighted by Gasteiger charge is 2.44. The summed E-state index contributed by atoms with van der Waals surface area (Å²) in [7, 11) is 0. The molecular formula is C25H22FN5O3. The summed E-state index contributed by atoms with van der Waals surface area (Å²) < 4.78 is 21.3. The molecule has 172 valence electrons. The maximum Gasteiger partial charge on any atom is 0.167 e. The van der Waals surface area contributed by atoms with E-state index in [0.29, 0.717) is 23.5 Å². The normalized spacial score (nSPS) is 21.9. The minimum atomic E-state index is -1.21. The Morgan fingerprint density at radius 2 is 1.79 bits per heavy atom. The van der Waals surface area contributed by atoms with Crippen molar-refractivity contribution in [1.82, 2.24) is 19.5 Å². The number of aromatic nitrogens is 4. The highest BCUT2D eigenvalue weighted by Crippen LogP contribution is 2.33. The molecule has 34 heavy (non-hydrogen) atoms. The van der Waals surface area contributed by atoms with E-state index in [4.69, 9.17) is 4.74 Å². The van der Waals surface area contributed by atoms with Gasteiger partial charge in [0.1, 0.15) is 24.4 Å². The van der Waals surface area contributed by atoms with E-state index in [0.717, 1.165) is 5.56 Å². The lowest BCUT2D eigenvalue weighted by Crippen LogP contribution is -2.31. The number of fused-ring (bicyclic) bond motifs is 1. The van der Waals surface area contributed by atoms with Gasteiger partial charge < -0.3 is 20.3 Å². The van der Waals surface area contributed by atoms with Crippen molar-refractivity contribution >= 4 is 17.0 Å². The first kappa shape index (κ1) is 22.0. The van der Waals surface area contributed by atoms with Gasteiger partial charge in [-0.15, -0.1) is 0 Å². The summed E-state index contributed by atoms with van der Waals surface area (Å²) >= 11 is 0. The van der Waals surface area contributed by atoms with Gasteiger partial charge >= 0.3 is 0 Å². The molecule has 0 spiro atoms. The van der Waals surface area contributed by atoms with Gasteiger partial charge in [-0.1, -0.05) is 54.3 Å². The topological polar surface area (TPSA) is 105 Å². The number of anilines is 1. The number of ether oxygens (including phenoxy) is 1. The highest BCUT2D eigenvalue weighted by molar-refractivity contribution is 5.82. The number of hydrogen-bond donors (Lipinski definition) is 3. The van der Waals surface area contributed by atoms with Crippen molar-refractivity contribution in [2.45, 2.75) is 37.5 Å². The number of rotatable bonds is 5. The lowest BCUT2D eigenvalue weighted by atomic mass is 10.1. The monoisotopic (exact) mass is 459 g/mol. The molecule has 0 amide bonds. The average Bonchev–Trinajstić information content (AvgIpc) is 3.41. The summed E-state index contributed by atoms with van der Waals surface area (Å²) in [6.45, 7) is 0.559. The van der Waals surface area contributed by atoms with E-state index in [1.165, 1.54) is 18.7 Å². The standard InChI is InChI=1S/C25H22FN5O3/c26-18-11-5-4-9-17(18)10-6-12-19-21(32)22(33)25(34-19)31-15-30-20-23(28-14-29-24(20)31)27-13-16-7-2-1-3-8-16/h1-5,7-9,11,14-15,19,21-22,25,32-33H,12-13H2,(H,27,28,29)/t19-,21-,22-,25-/m1/s1. The van der Waals surface area contributed by atoms with Gasteiger partial charge in [-0.3, -0.25) is 4.57 Å². The van der Waals surface area contributed by atoms with Crippen molar-refractivity contribution in [3.05, 3.63) is 84.2 Å². The van der Waals surface area contributed by atoms with Gasteiger partial charge in [0.2, 0.25) is 0 Å². The number of aliphatic hydroxyl groups excluding tert-OH is 2. The minimum Gasteiger partial charge on any atom is -0.387 e. The molecule has 9 heteroatoms. The summed E-state index contributed by atoms with van der Waals surface area (Å²) in [5.74, 6) is 5.71. The fourth-order valence-electron chi connectivity index (χ4n) is 3.89. The maximum atomic E-state index is 13.8. The zero-order valence-electron chi connectivity index (χ0n) is 18.0. The summed E-state index contributed by atoms with van der Waals surface area (Å²) in [6.07, 6.45) is -1.02. The molecule has 2 aromatic heterocycles. The molecule has 3 N–H and O–H groups in total. The van der Waals surface area contributed by atoms with Crippen molar-refractivity contribution in [3.8, 4) is 11.8 Å². The molecule has 1 aliphatic heterocycles. The first-order chi connectivity index (χ1) is 16.6. The Morgan fingerprint density at radius 3 is 2.62 bits per heavy atom.